The summed E-state index contributed by atoms with van der Waals surface area (Å²) in [5, 5.41) is 8.86. The molecule has 0 aliphatic carbocycles. The van der Waals surface area contributed by atoms with E-state index >= 15 is 0 Å². The summed E-state index contributed by atoms with van der Waals surface area (Å²) < 4.78 is 0. The van der Waals surface area contributed by atoms with Gasteiger partial charge in [0.05, 0.1) is 6.61 Å². The van der Waals surface area contributed by atoms with Gasteiger partial charge in [-0.1, -0.05) is 173 Å². The van der Waals surface area contributed by atoms with E-state index in [4.69, 9.17) is 10.8 Å². The van der Waals surface area contributed by atoms with Crippen LogP contribution in [0.2, 0.25) is 0 Å². The minimum Gasteiger partial charge on any atom is -0.394 e. The molecule has 0 saturated heterocycles. The largest absolute Gasteiger partial charge is 0.394 e. The number of aliphatic hydroxyl groups is 1. The van der Waals surface area contributed by atoms with E-state index in [1.807, 2.05) is 6.08 Å². The summed E-state index contributed by atoms with van der Waals surface area (Å²) in [7, 11) is 0. The highest BCUT2D eigenvalue weighted by Crippen LogP contribution is 2.16. The summed E-state index contributed by atoms with van der Waals surface area (Å²) in [6.07, 6.45) is 41.2. The Kier molecular flexibility index (Phi) is 29.4. The molecule has 0 saturated carbocycles. The Morgan fingerprint density at radius 2 is 0.758 bits per heavy atom. The molecule has 0 bridgehead atoms. The molecular formula is C31H63NO. The highest BCUT2D eigenvalue weighted by atomic mass is 16.3. The van der Waals surface area contributed by atoms with Crippen molar-refractivity contribution >= 4 is 0 Å². The first-order valence-corrected chi connectivity index (χ1v) is 15.3. The first-order chi connectivity index (χ1) is 16.3. The first kappa shape index (κ1) is 32.7. The first-order valence-electron chi connectivity index (χ1n) is 15.3. The number of hydrogen-bond donors (Lipinski definition) is 2. The van der Waals surface area contributed by atoms with Crippen LogP contribution in [0.15, 0.2) is 12.2 Å². The zero-order valence-corrected chi connectivity index (χ0v) is 22.8. The van der Waals surface area contributed by atoms with E-state index in [1.165, 1.54) is 161 Å². The topological polar surface area (TPSA) is 46.2 Å². The maximum atomic E-state index is 8.86. The van der Waals surface area contributed by atoms with Crippen molar-refractivity contribution < 1.29 is 5.11 Å². The van der Waals surface area contributed by atoms with Crippen molar-refractivity contribution in [1.29, 1.82) is 0 Å². The van der Waals surface area contributed by atoms with Crippen LogP contribution in [0, 0.1) is 0 Å². The zero-order valence-electron chi connectivity index (χ0n) is 22.8. The van der Waals surface area contributed by atoms with Crippen LogP contribution in [-0.4, -0.2) is 17.8 Å². The Morgan fingerprint density at radius 3 is 1.03 bits per heavy atom. The Bertz CT molecular complexity index is 368. The van der Waals surface area contributed by atoms with Crippen molar-refractivity contribution in [3.05, 3.63) is 12.2 Å². The average Bonchev–Trinajstić information content (AvgIpc) is 2.83. The van der Waals surface area contributed by atoms with Gasteiger partial charge >= 0.3 is 0 Å². The monoisotopic (exact) mass is 465 g/mol. The third-order valence-corrected chi connectivity index (χ3v) is 7.07. The minimum atomic E-state index is -0.177. The molecule has 1 atom stereocenters. The Balaban J connectivity index is 3.04. The van der Waals surface area contributed by atoms with Crippen LogP contribution < -0.4 is 5.73 Å². The summed E-state index contributed by atoms with van der Waals surface area (Å²) in [5.74, 6) is 0. The fourth-order valence-corrected chi connectivity index (χ4v) is 4.73. The molecule has 0 aliphatic heterocycles. The molecule has 0 aliphatic rings. The maximum absolute atomic E-state index is 8.86. The van der Waals surface area contributed by atoms with Crippen molar-refractivity contribution in [3.63, 3.8) is 0 Å². The Labute approximate surface area is 209 Å². The van der Waals surface area contributed by atoms with Crippen molar-refractivity contribution in [2.75, 3.05) is 6.61 Å². The summed E-state index contributed by atoms with van der Waals surface area (Å²) in [4.78, 5) is 0. The van der Waals surface area contributed by atoms with Crippen molar-refractivity contribution in [1.82, 2.24) is 0 Å². The molecule has 0 heterocycles. The van der Waals surface area contributed by atoms with Gasteiger partial charge in [-0.2, -0.15) is 0 Å². The third-order valence-electron chi connectivity index (χ3n) is 7.07. The molecule has 0 aromatic rings. The van der Waals surface area contributed by atoms with Gasteiger partial charge in [-0.05, 0) is 12.8 Å². The minimum absolute atomic E-state index is 0.0516. The standard InChI is InChI=1S/C31H63NO/c1-2-3-4-5-6-7-8-9-10-11-12-13-14-15-16-17-18-19-20-21-22-23-24-25-26-27-28-29-31(32)30-33/h28-29,31,33H,2-27,30,32H2,1H3/b29-28+. The van der Waals surface area contributed by atoms with Gasteiger partial charge in [0, 0.05) is 6.04 Å². The zero-order chi connectivity index (χ0) is 24.1. The molecule has 0 fully saturated rings. The summed E-state index contributed by atoms with van der Waals surface area (Å²) in [6, 6.07) is -0.177. The molecule has 198 valence electrons. The van der Waals surface area contributed by atoms with Gasteiger partial charge in [-0.15, -0.1) is 0 Å². The van der Waals surface area contributed by atoms with Crippen molar-refractivity contribution in [3.8, 4) is 0 Å². The normalized spacial score (nSPS) is 12.7. The fraction of sp³-hybridized carbons (Fsp3) is 0.935. The van der Waals surface area contributed by atoms with Gasteiger partial charge in [0.1, 0.15) is 0 Å². The molecule has 0 radical (unpaired) electrons. The second-order valence-electron chi connectivity index (χ2n) is 10.5. The highest BCUT2D eigenvalue weighted by molar-refractivity contribution is 4.90. The summed E-state index contributed by atoms with van der Waals surface area (Å²) in [5.41, 5.74) is 5.64. The molecule has 0 rings (SSSR count). The molecular weight excluding hydrogens is 402 g/mol. The molecule has 0 aromatic carbocycles. The second kappa shape index (κ2) is 29.7. The molecule has 2 heteroatoms. The van der Waals surface area contributed by atoms with E-state index < -0.39 is 0 Å². The smallest absolute Gasteiger partial charge is 0.0618 e. The van der Waals surface area contributed by atoms with Crippen LogP contribution in [0.5, 0.6) is 0 Å². The molecule has 0 spiro atoms. The molecule has 0 aromatic heterocycles. The van der Waals surface area contributed by atoms with Gasteiger partial charge in [-0.3, -0.25) is 0 Å². The van der Waals surface area contributed by atoms with Crippen LogP contribution in [-0.2, 0) is 0 Å². The lowest BCUT2D eigenvalue weighted by Crippen LogP contribution is -2.20. The van der Waals surface area contributed by atoms with Crippen LogP contribution in [0.3, 0.4) is 0 Å². The lowest BCUT2D eigenvalue weighted by molar-refractivity contribution is 0.284. The van der Waals surface area contributed by atoms with Gasteiger partial charge < -0.3 is 10.8 Å². The van der Waals surface area contributed by atoms with E-state index in [1.54, 1.807) is 0 Å². The average molecular weight is 466 g/mol. The number of rotatable bonds is 28. The highest BCUT2D eigenvalue weighted by Gasteiger charge is 1.96. The third kappa shape index (κ3) is 29.6. The van der Waals surface area contributed by atoms with Crippen LogP contribution in [0.1, 0.15) is 174 Å². The predicted molar refractivity (Wildman–Crippen MR) is 150 cm³/mol. The van der Waals surface area contributed by atoms with Crippen molar-refractivity contribution in [2.24, 2.45) is 5.73 Å². The van der Waals surface area contributed by atoms with Crippen LogP contribution in [0.25, 0.3) is 0 Å². The second-order valence-corrected chi connectivity index (χ2v) is 10.5. The Hall–Kier alpha value is -0.340. The predicted octanol–water partition coefficient (Wildman–Crippen LogP) is 10.0. The van der Waals surface area contributed by atoms with E-state index in [-0.39, 0.29) is 12.6 Å². The number of nitrogens with two attached hydrogens (primary N) is 1. The summed E-state index contributed by atoms with van der Waals surface area (Å²) in [6.45, 7) is 2.35. The summed E-state index contributed by atoms with van der Waals surface area (Å²) >= 11 is 0. The molecule has 33 heavy (non-hydrogen) atoms. The van der Waals surface area contributed by atoms with E-state index in [0.29, 0.717) is 0 Å². The SMILES string of the molecule is CCCCCCCCCCCCCCCCCCCCCCCCCCC/C=C/C(N)CO. The number of hydrogen-bond acceptors (Lipinski definition) is 2. The number of allylic oxidation sites excluding steroid dienone is 1. The van der Waals surface area contributed by atoms with Gasteiger partial charge in [0.25, 0.3) is 0 Å². The van der Waals surface area contributed by atoms with E-state index in [2.05, 4.69) is 13.0 Å². The molecule has 1 unspecified atom stereocenters. The lowest BCUT2D eigenvalue weighted by Gasteiger charge is -2.04. The van der Waals surface area contributed by atoms with E-state index in [0.717, 1.165) is 6.42 Å². The van der Waals surface area contributed by atoms with Gasteiger partial charge in [0.15, 0.2) is 0 Å². The fourth-order valence-electron chi connectivity index (χ4n) is 4.73. The van der Waals surface area contributed by atoms with Gasteiger partial charge in [-0.25, -0.2) is 0 Å². The maximum Gasteiger partial charge on any atom is 0.0618 e. The molecule has 0 amide bonds. The lowest BCUT2D eigenvalue weighted by atomic mass is 10.0. The Morgan fingerprint density at radius 1 is 0.485 bits per heavy atom. The quantitative estimate of drug-likeness (QED) is 0.0891. The number of aliphatic hydroxyl groups excluding tert-OH is 1. The van der Waals surface area contributed by atoms with Gasteiger partial charge in [0.2, 0.25) is 0 Å². The van der Waals surface area contributed by atoms with Crippen LogP contribution >= 0.6 is 0 Å². The van der Waals surface area contributed by atoms with Crippen molar-refractivity contribution in [2.45, 2.75) is 180 Å². The molecule has 3 N–H and O–H groups in total. The van der Waals surface area contributed by atoms with E-state index in [9.17, 15) is 0 Å². The molecule has 2 nitrogen and oxygen atoms in total. The number of unbranched alkanes of at least 4 members (excludes halogenated alkanes) is 25. The van der Waals surface area contributed by atoms with Crippen LogP contribution in [0.4, 0.5) is 0 Å².